The van der Waals surface area contributed by atoms with Crippen molar-refractivity contribution in [1.29, 1.82) is 0 Å². The predicted molar refractivity (Wildman–Crippen MR) is 161 cm³/mol. The van der Waals surface area contributed by atoms with Crippen molar-refractivity contribution in [2.75, 3.05) is 20.8 Å². The molecule has 0 bridgehead atoms. The number of phenols is 4. The average Bonchev–Trinajstić information content (AvgIpc) is 3.05. The van der Waals surface area contributed by atoms with Crippen LogP contribution in [-0.4, -0.2) is 93.2 Å². The first kappa shape index (κ1) is 32.9. The molecule has 5 atom stereocenters. The number of fused-ring (bicyclic) bond motifs is 1. The van der Waals surface area contributed by atoms with E-state index < -0.39 is 77.1 Å². The number of aromatic hydroxyl groups is 4. The molecule has 47 heavy (non-hydrogen) atoms. The number of carbonyl (C=O) groups excluding carboxylic acids is 1. The minimum Gasteiger partial charge on any atom is -0.508 e. The van der Waals surface area contributed by atoms with Gasteiger partial charge in [-0.05, 0) is 48.0 Å². The summed E-state index contributed by atoms with van der Waals surface area (Å²) >= 11 is 0. The van der Waals surface area contributed by atoms with Crippen molar-refractivity contribution >= 4 is 23.0 Å². The second-order valence-electron chi connectivity index (χ2n) is 10.3. The first-order chi connectivity index (χ1) is 22.4. The van der Waals surface area contributed by atoms with E-state index in [2.05, 4.69) is 0 Å². The van der Waals surface area contributed by atoms with Crippen LogP contribution in [-0.2, 0) is 14.3 Å². The highest BCUT2D eigenvalue weighted by Gasteiger charge is 2.46. The average molecular weight is 655 g/mol. The monoisotopic (exact) mass is 654 g/mol. The number of hydrogen-bond donors (Lipinski definition) is 7. The topological polar surface area (TPSA) is 235 Å². The Labute approximate surface area is 265 Å². The molecule has 1 aliphatic heterocycles. The Kier molecular flexibility index (Phi) is 9.44. The standard InChI is InChI=1S/C32H30O15/c1-42-19-11-14(3-9-17(19)34)4-10-22(36)44-13-21-24(37)27(40)28(41)32(46-21)47-31-26(39)23-20(12-18(35)30(43-2)25(23)38)45-29(31)15-5-7-16(33)8-6-15/h3-12,21,24,27-28,32-35,37-38,40-41H,13H2,1-2H3/b10-4+/t21-,24-,27+,28-,32+/m0/s1. The molecule has 0 spiro atoms. The summed E-state index contributed by atoms with van der Waals surface area (Å²) in [5.74, 6) is -3.54. The van der Waals surface area contributed by atoms with Gasteiger partial charge in [-0.25, -0.2) is 4.79 Å². The molecular formula is C32H30O15. The van der Waals surface area contributed by atoms with E-state index in [1.54, 1.807) is 0 Å². The van der Waals surface area contributed by atoms with Gasteiger partial charge in [0.15, 0.2) is 28.8 Å². The van der Waals surface area contributed by atoms with Gasteiger partial charge in [0.2, 0.25) is 23.2 Å². The highest BCUT2D eigenvalue weighted by Crippen LogP contribution is 2.43. The Balaban J connectivity index is 1.43. The Hall–Kier alpha value is -5.48. The molecule has 0 radical (unpaired) electrons. The number of phenolic OH excluding ortho intramolecular Hbond substituents is 4. The minimum atomic E-state index is -1.94. The van der Waals surface area contributed by atoms with Crippen molar-refractivity contribution in [1.82, 2.24) is 0 Å². The van der Waals surface area contributed by atoms with Crippen molar-refractivity contribution < 1.29 is 68.6 Å². The van der Waals surface area contributed by atoms with E-state index in [1.807, 2.05) is 0 Å². The van der Waals surface area contributed by atoms with Gasteiger partial charge in [-0.1, -0.05) is 6.07 Å². The van der Waals surface area contributed by atoms with E-state index in [9.17, 15) is 45.3 Å². The van der Waals surface area contributed by atoms with Crippen LogP contribution in [0.5, 0.6) is 40.2 Å². The van der Waals surface area contributed by atoms with Crippen LogP contribution in [0.1, 0.15) is 5.56 Å². The number of hydrogen-bond acceptors (Lipinski definition) is 15. The SMILES string of the molecule is COc1cc(/C=C/C(=O)OC[C@@H]2O[C@H](Oc3c(-c4ccc(O)cc4)oc4cc(O)c(OC)c(O)c4c3=O)[C@@H](O)[C@H](O)[C@H]2O)ccc1O. The fraction of sp³-hybridized carbons (Fsp3) is 0.250. The highest BCUT2D eigenvalue weighted by atomic mass is 16.7. The van der Waals surface area contributed by atoms with Crippen LogP contribution in [0.4, 0.5) is 0 Å². The molecular weight excluding hydrogens is 624 g/mol. The van der Waals surface area contributed by atoms with Crippen LogP contribution in [0.3, 0.4) is 0 Å². The van der Waals surface area contributed by atoms with E-state index in [1.165, 1.54) is 55.7 Å². The number of methoxy groups -OCH3 is 2. The van der Waals surface area contributed by atoms with Crippen molar-refractivity contribution in [3.63, 3.8) is 0 Å². The van der Waals surface area contributed by atoms with Gasteiger partial charge < -0.3 is 63.8 Å². The molecule has 1 fully saturated rings. The number of ether oxygens (including phenoxy) is 5. The molecule has 0 saturated carbocycles. The van der Waals surface area contributed by atoms with E-state index >= 15 is 0 Å². The van der Waals surface area contributed by atoms with Crippen LogP contribution < -0.4 is 19.6 Å². The van der Waals surface area contributed by atoms with Gasteiger partial charge in [0.25, 0.3) is 0 Å². The number of benzene rings is 3. The molecule has 0 aliphatic carbocycles. The number of aliphatic hydroxyl groups excluding tert-OH is 3. The lowest BCUT2D eigenvalue weighted by Crippen LogP contribution is -2.60. The summed E-state index contributed by atoms with van der Waals surface area (Å²) in [7, 11) is 2.51. The molecule has 5 rings (SSSR count). The van der Waals surface area contributed by atoms with E-state index in [0.717, 1.165) is 19.3 Å². The van der Waals surface area contributed by atoms with E-state index in [0.29, 0.717) is 5.56 Å². The number of rotatable bonds is 9. The zero-order valence-electron chi connectivity index (χ0n) is 24.8. The van der Waals surface area contributed by atoms with Crippen LogP contribution in [0.15, 0.2) is 63.8 Å². The van der Waals surface area contributed by atoms with E-state index in [-0.39, 0.29) is 34.2 Å². The molecule has 0 amide bonds. The maximum atomic E-state index is 13.8. The van der Waals surface area contributed by atoms with Crippen LogP contribution in [0, 0.1) is 0 Å². The summed E-state index contributed by atoms with van der Waals surface area (Å²) in [5.41, 5.74) is -0.595. The maximum Gasteiger partial charge on any atom is 0.330 e. The Morgan fingerprint density at radius 2 is 1.60 bits per heavy atom. The van der Waals surface area contributed by atoms with Crippen molar-refractivity contribution in [3.05, 3.63) is 70.4 Å². The second kappa shape index (κ2) is 13.5. The molecule has 1 aliphatic rings. The summed E-state index contributed by atoms with van der Waals surface area (Å²) in [6.07, 6.45) is -6.47. The molecule has 0 unspecified atom stereocenters. The minimum absolute atomic E-state index is 0.0966. The Morgan fingerprint density at radius 3 is 2.28 bits per heavy atom. The number of carbonyl (C=O) groups is 1. The largest absolute Gasteiger partial charge is 0.508 e. The fourth-order valence-corrected chi connectivity index (χ4v) is 4.84. The van der Waals surface area contributed by atoms with Crippen molar-refractivity contribution in [3.8, 4) is 51.6 Å². The third-order valence-corrected chi connectivity index (χ3v) is 7.29. The summed E-state index contributed by atoms with van der Waals surface area (Å²) in [5, 5.41) is 71.9. The first-order valence-electron chi connectivity index (χ1n) is 13.9. The Bertz CT molecular complexity index is 1860. The quantitative estimate of drug-likeness (QED) is 0.101. The molecule has 7 N–H and O–H groups in total. The lowest BCUT2D eigenvalue weighted by molar-refractivity contribution is -0.278. The molecule has 3 aromatic carbocycles. The van der Waals surface area contributed by atoms with E-state index in [4.69, 9.17) is 28.1 Å². The molecule has 4 aromatic rings. The van der Waals surface area contributed by atoms with Crippen molar-refractivity contribution in [2.24, 2.45) is 0 Å². The lowest BCUT2D eigenvalue weighted by atomic mass is 9.99. The fourth-order valence-electron chi connectivity index (χ4n) is 4.84. The number of aliphatic hydroxyl groups is 3. The van der Waals surface area contributed by atoms with Gasteiger partial charge in [-0.15, -0.1) is 0 Å². The van der Waals surface area contributed by atoms with Gasteiger partial charge in [0.1, 0.15) is 47.7 Å². The highest BCUT2D eigenvalue weighted by molar-refractivity contribution is 5.91. The van der Waals surface area contributed by atoms with Gasteiger partial charge in [0, 0.05) is 17.7 Å². The molecule has 1 saturated heterocycles. The van der Waals surface area contributed by atoms with Gasteiger partial charge in [-0.3, -0.25) is 4.79 Å². The third-order valence-electron chi connectivity index (χ3n) is 7.29. The molecule has 248 valence electrons. The molecule has 1 aromatic heterocycles. The smallest absolute Gasteiger partial charge is 0.330 e. The first-order valence-corrected chi connectivity index (χ1v) is 13.9. The molecule has 2 heterocycles. The van der Waals surface area contributed by atoms with Gasteiger partial charge >= 0.3 is 5.97 Å². The van der Waals surface area contributed by atoms with Crippen molar-refractivity contribution in [2.45, 2.75) is 30.7 Å². The van der Waals surface area contributed by atoms with Crippen LogP contribution >= 0.6 is 0 Å². The third kappa shape index (κ3) is 6.59. The second-order valence-corrected chi connectivity index (χ2v) is 10.3. The lowest BCUT2D eigenvalue weighted by Gasteiger charge is -2.39. The van der Waals surface area contributed by atoms with Crippen LogP contribution in [0.2, 0.25) is 0 Å². The molecule has 15 heteroatoms. The zero-order chi connectivity index (χ0) is 34.0. The number of esters is 1. The normalized spacial score (nSPS) is 21.1. The maximum absolute atomic E-state index is 13.8. The molecule has 15 nitrogen and oxygen atoms in total. The zero-order valence-corrected chi connectivity index (χ0v) is 24.8. The summed E-state index contributed by atoms with van der Waals surface area (Å²) in [6, 6.07) is 10.7. The Morgan fingerprint density at radius 1 is 0.872 bits per heavy atom. The predicted octanol–water partition coefficient (Wildman–Crippen LogP) is 1.74. The van der Waals surface area contributed by atoms with Gasteiger partial charge in [0.05, 0.1) is 14.2 Å². The summed E-state index contributed by atoms with van der Waals surface area (Å²) in [6.45, 7) is -0.624. The summed E-state index contributed by atoms with van der Waals surface area (Å²) < 4.78 is 32.4. The van der Waals surface area contributed by atoms with Gasteiger partial charge in [-0.2, -0.15) is 0 Å². The summed E-state index contributed by atoms with van der Waals surface area (Å²) in [4.78, 5) is 26.2. The van der Waals surface area contributed by atoms with Crippen LogP contribution in [0.25, 0.3) is 28.4 Å².